The maximum atomic E-state index is 10.5. The molecular weight excluding hydrogens is 272 g/mol. The van der Waals surface area contributed by atoms with Crippen molar-refractivity contribution in [3.63, 3.8) is 0 Å². The average molecular weight is 293 g/mol. The van der Waals surface area contributed by atoms with E-state index >= 15 is 0 Å². The van der Waals surface area contributed by atoms with E-state index in [1.54, 1.807) is 6.20 Å². The Morgan fingerprint density at radius 1 is 1.30 bits per heavy atom. The molecule has 108 valence electrons. The summed E-state index contributed by atoms with van der Waals surface area (Å²) in [6, 6.07) is 5.69. The van der Waals surface area contributed by atoms with Crippen molar-refractivity contribution in [2.75, 3.05) is 19.6 Å². The molecule has 0 aliphatic carbocycles. The van der Waals surface area contributed by atoms with Gasteiger partial charge in [0.1, 0.15) is 0 Å². The largest absolute Gasteiger partial charge is 0.387 e. The monoisotopic (exact) mass is 292 g/mol. The molecule has 4 heteroatoms. The van der Waals surface area contributed by atoms with Crippen LogP contribution >= 0.6 is 11.6 Å². The first-order chi connectivity index (χ1) is 9.56. The van der Waals surface area contributed by atoms with Crippen LogP contribution in [0.4, 0.5) is 0 Å². The third-order valence-corrected chi connectivity index (χ3v) is 3.96. The van der Waals surface area contributed by atoms with Gasteiger partial charge in [-0.2, -0.15) is 0 Å². The van der Waals surface area contributed by atoms with Crippen molar-refractivity contribution in [3.8, 4) is 0 Å². The Morgan fingerprint density at radius 2 is 2.00 bits per heavy atom. The van der Waals surface area contributed by atoms with E-state index in [-0.39, 0.29) is 0 Å². The predicted octanol–water partition coefficient (Wildman–Crippen LogP) is 3.57. The van der Waals surface area contributed by atoms with Gasteiger partial charge in [-0.3, -0.25) is 4.98 Å². The maximum absolute atomic E-state index is 10.5. The van der Waals surface area contributed by atoms with Gasteiger partial charge in [-0.25, -0.2) is 0 Å². The van der Waals surface area contributed by atoms with Crippen molar-refractivity contribution >= 4 is 22.5 Å². The van der Waals surface area contributed by atoms with Gasteiger partial charge in [0.25, 0.3) is 0 Å². The molecule has 0 aliphatic heterocycles. The Kier molecular flexibility index (Phi) is 4.97. The highest BCUT2D eigenvalue weighted by molar-refractivity contribution is 6.31. The number of hydrogen-bond acceptors (Lipinski definition) is 3. The van der Waals surface area contributed by atoms with E-state index in [0.29, 0.717) is 11.6 Å². The fourth-order valence-electron chi connectivity index (χ4n) is 2.46. The normalized spacial score (nSPS) is 13.1. The molecule has 2 rings (SSSR count). The molecule has 0 saturated heterocycles. The van der Waals surface area contributed by atoms with Crippen molar-refractivity contribution in [2.24, 2.45) is 0 Å². The summed E-state index contributed by atoms with van der Waals surface area (Å²) in [7, 11) is 0. The Hall–Kier alpha value is -1.16. The molecule has 1 atom stereocenters. The Morgan fingerprint density at radius 3 is 2.65 bits per heavy atom. The first kappa shape index (κ1) is 15.2. The highest BCUT2D eigenvalue weighted by Crippen LogP contribution is 2.29. The van der Waals surface area contributed by atoms with E-state index in [2.05, 4.69) is 23.7 Å². The standard InChI is InChI=1S/C16H21ClN2O/c1-4-19(5-2)10-15(20)14-9-12(17)8-13-11(3)6-7-18-16(13)14/h6-9,15,20H,4-5,10H2,1-3H3. The zero-order chi connectivity index (χ0) is 14.7. The lowest BCUT2D eigenvalue weighted by Crippen LogP contribution is -2.28. The number of rotatable bonds is 5. The van der Waals surface area contributed by atoms with Crippen LogP contribution in [0.15, 0.2) is 24.4 Å². The summed E-state index contributed by atoms with van der Waals surface area (Å²) < 4.78 is 0. The lowest BCUT2D eigenvalue weighted by Gasteiger charge is -2.23. The van der Waals surface area contributed by atoms with Crippen LogP contribution in [0.3, 0.4) is 0 Å². The Labute approximate surface area is 125 Å². The second-order valence-corrected chi connectivity index (χ2v) is 5.46. The number of aliphatic hydroxyl groups excluding tert-OH is 1. The van der Waals surface area contributed by atoms with Crippen LogP contribution in [-0.2, 0) is 0 Å². The van der Waals surface area contributed by atoms with Crippen LogP contribution < -0.4 is 0 Å². The lowest BCUT2D eigenvalue weighted by atomic mass is 10.0. The van der Waals surface area contributed by atoms with Gasteiger partial charge in [0.15, 0.2) is 0 Å². The molecule has 1 N–H and O–H groups in total. The van der Waals surface area contributed by atoms with Crippen molar-refractivity contribution in [2.45, 2.75) is 26.9 Å². The molecule has 2 aromatic rings. The highest BCUT2D eigenvalue weighted by atomic mass is 35.5. The molecule has 0 spiro atoms. The fourth-order valence-corrected chi connectivity index (χ4v) is 2.68. The quantitative estimate of drug-likeness (QED) is 0.915. The minimum Gasteiger partial charge on any atom is -0.387 e. The highest BCUT2D eigenvalue weighted by Gasteiger charge is 2.16. The van der Waals surface area contributed by atoms with Crippen LogP contribution in [0, 0.1) is 6.92 Å². The lowest BCUT2D eigenvalue weighted by molar-refractivity contribution is 0.120. The number of hydrogen-bond donors (Lipinski definition) is 1. The topological polar surface area (TPSA) is 36.4 Å². The Balaban J connectivity index is 2.45. The molecule has 0 bridgehead atoms. The molecule has 0 fully saturated rings. The molecule has 1 heterocycles. The summed E-state index contributed by atoms with van der Waals surface area (Å²) in [4.78, 5) is 6.61. The third kappa shape index (κ3) is 3.11. The molecule has 1 aromatic carbocycles. The Bertz CT molecular complexity index is 596. The first-order valence-corrected chi connectivity index (χ1v) is 7.39. The summed E-state index contributed by atoms with van der Waals surface area (Å²) in [5.74, 6) is 0. The summed E-state index contributed by atoms with van der Waals surface area (Å²) in [5, 5.41) is 12.2. The molecular formula is C16H21ClN2O. The number of aromatic nitrogens is 1. The van der Waals surface area contributed by atoms with Crippen LogP contribution in [0.1, 0.15) is 31.1 Å². The van der Waals surface area contributed by atoms with E-state index in [1.165, 1.54) is 0 Å². The van der Waals surface area contributed by atoms with E-state index < -0.39 is 6.10 Å². The van der Waals surface area contributed by atoms with Crippen molar-refractivity contribution < 1.29 is 5.11 Å². The van der Waals surface area contributed by atoms with Gasteiger partial charge in [-0.15, -0.1) is 0 Å². The van der Waals surface area contributed by atoms with Crippen molar-refractivity contribution in [1.82, 2.24) is 9.88 Å². The van der Waals surface area contributed by atoms with Gasteiger partial charge in [0.2, 0.25) is 0 Å². The first-order valence-electron chi connectivity index (χ1n) is 7.02. The van der Waals surface area contributed by atoms with E-state index in [0.717, 1.165) is 35.1 Å². The zero-order valence-corrected chi connectivity index (χ0v) is 13.0. The number of aryl methyl sites for hydroxylation is 1. The van der Waals surface area contributed by atoms with E-state index in [4.69, 9.17) is 11.6 Å². The second-order valence-electron chi connectivity index (χ2n) is 5.02. The predicted molar refractivity (Wildman–Crippen MR) is 84.2 cm³/mol. The van der Waals surface area contributed by atoms with E-state index in [1.807, 2.05) is 25.1 Å². The average Bonchev–Trinajstić information content (AvgIpc) is 2.44. The van der Waals surface area contributed by atoms with Crippen LogP contribution in [0.2, 0.25) is 5.02 Å². The number of pyridine rings is 1. The molecule has 0 radical (unpaired) electrons. The molecule has 0 saturated carbocycles. The van der Waals surface area contributed by atoms with Gasteiger partial charge in [0, 0.05) is 28.7 Å². The number of fused-ring (bicyclic) bond motifs is 1. The van der Waals surface area contributed by atoms with Gasteiger partial charge in [-0.05, 0) is 43.8 Å². The molecule has 1 unspecified atom stereocenters. The summed E-state index contributed by atoms with van der Waals surface area (Å²) in [5.41, 5.74) is 2.77. The van der Waals surface area contributed by atoms with Gasteiger partial charge >= 0.3 is 0 Å². The van der Waals surface area contributed by atoms with Crippen LogP contribution in [0.5, 0.6) is 0 Å². The second kappa shape index (κ2) is 6.53. The van der Waals surface area contributed by atoms with Crippen molar-refractivity contribution in [3.05, 3.63) is 40.5 Å². The van der Waals surface area contributed by atoms with Crippen molar-refractivity contribution in [1.29, 1.82) is 0 Å². The fraction of sp³-hybridized carbons (Fsp3) is 0.438. The molecule has 1 aromatic heterocycles. The van der Waals surface area contributed by atoms with Gasteiger partial charge in [0.05, 0.1) is 11.6 Å². The zero-order valence-electron chi connectivity index (χ0n) is 12.2. The third-order valence-electron chi connectivity index (χ3n) is 3.74. The number of aliphatic hydroxyl groups is 1. The minimum absolute atomic E-state index is 0.578. The smallest absolute Gasteiger partial charge is 0.0938 e. The minimum atomic E-state index is -0.578. The summed E-state index contributed by atoms with van der Waals surface area (Å²) >= 11 is 6.19. The van der Waals surface area contributed by atoms with Crippen LogP contribution in [0.25, 0.3) is 10.9 Å². The molecule has 0 amide bonds. The number of halogens is 1. The van der Waals surface area contributed by atoms with Crippen LogP contribution in [-0.4, -0.2) is 34.6 Å². The number of nitrogens with zero attached hydrogens (tertiary/aromatic N) is 2. The molecule has 3 nitrogen and oxygen atoms in total. The summed E-state index contributed by atoms with van der Waals surface area (Å²) in [6.07, 6.45) is 1.20. The summed E-state index contributed by atoms with van der Waals surface area (Å²) in [6.45, 7) is 8.64. The molecule has 0 aliphatic rings. The number of likely N-dealkylation sites (N-methyl/N-ethyl adjacent to an activating group) is 1. The van der Waals surface area contributed by atoms with E-state index in [9.17, 15) is 5.11 Å². The maximum Gasteiger partial charge on any atom is 0.0938 e. The SMILES string of the molecule is CCN(CC)CC(O)c1cc(Cl)cc2c(C)ccnc12. The van der Waals surface area contributed by atoms with Gasteiger partial charge in [-0.1, -0.05) is 25.4 Å². The molecule has 20 heavy (non-hydrogen) atoms. The van der Waals surface area contributed by atoms with Gasteiger partial charge < -0.3 is 10.0 Å². The number of benzene rings is 1.